The molecule has 0 aliphatic heterocycles. The molecule has 7 heteroatoms. The second-order valence-electron chi connectivity index (χ2n) is 11.6. The third kappa shape index (κ3) is 27.3. The van der Waals surface area contributed by atoms with E-state index in [-0.39, 0.29) is 12.0 Å². The highest BCUT2D eigenvalue weighted by molar-refractivity contribution is 6.02. The van der Waals surface area contributed by atoms with E-state index in [1.807, 2.05) is 0 Å². The lowest BCUT2D eigenvalue weighted by atomic mass is 10.1. The molecule has 0 fully saturated rings. The Bertz CT molecular complexity index is 602. The van der Waals surface area contributed by atoms with Crippen molar-refractivity contribution in [2.45, 2.75) is 169 Å². The van der Waals surface area contributed by atoms with Gasteiger partial charge in [0.2, 0.25) is 5.96 Å². The van der Waals surface area contributed by atoms with Crippen LogP contribution >= 0.6 is 0 Å². The zero-order chi connectivity index (χ0) is 28.3. The van der Waals surface area contributed by atoms with Crippen molar-refractivity contribution in [3.05, 3.63) is 0 Å². The molecule has 0 saturated carbocycles. The van der Waals surface area contributed by atoms with E-state index in [1.165, 1.54) is 103 Å². The summed E-state index contributed by atoms with van der Waals surface area (Å²) in [4.78, 5) is 29.1. The van der Waals surface area contributed by atoms with E-state index in [0.29, 0.717) is 13.1 Å². The maximum Gasteiger partial charge on any atom is 0.414 e. The van der Waals surface area contributed by atoms with Gasteiger partial charge >= 0.3 is 12.1 Å². The molecule has 0 bridgehead atoms. The number of guanidine groups is 1. The quantitative estimate of drug-likeness (QED) is 0.0729. The van der Waals surface area contributed by atoms with E-state index < -0.39 is 11.7 Å². The van der Waals surface area contributed by atoms with Crippen LogP contribution in [0.5, 0.6) is 0 Å². The molecule has 0 aromatic carbocycles. The molecule has 38 heavy (non-hydrogen) atoms. The highest BCUT2D eigenvalue weighted by Gasteiger charge is 2.18. The molecular weight excluding hydrogens is 476 g/mol. The van der Waals surface area contributed by atoms with Gasteiger partial charge in [-0.05, 0) is 33.6 Å². The minimum absolute atomic E-state index is 0.149. The molecule has 0 saturated heterocycles. The normalized spacial score (nSPS) is 11.9. The Hall–Kier alpha value is -1.79. The Kier molecular flexibility index (Phi) is 24.3. The number of ether oxygens (including phenoxy) is 1. The van der Waals surface area contributed by atoms with Gasteiger partial charge in [-0.15, -0.1) is 0 Å². The molecule has 224 valence electrons. The van der Waals surface area contributed by atoms with Gasteiger partial charge < -0.3 is 10.1 Å². The fourth-order valence-corrected chi connectivity index (χ4v) is 4.27. The maximum absolute atomic E-state index is 12.4. The molecule has 7 nitrogen and oxygen atoms in total. The molecule has 0 aliphatic carbocycles. The van der Waals surface area contributed by atoms with E-state index in [1.54, 1.807) is 20.8 Å². The second kappa shape index (κ2) is 25.5. The molecule has 0 atom stereocenters. The van der Waals surface area contributed by atoms with Gasteiger partial charge in [0.15, 0.2) is 0 Å². The molecule has 0 aromatic heterocycles. The van der Waals surface area contributed by atoms with Crippen LogP contribution in [-0.2, 0) is 4.74 Å². The Morgan fingerprint density at radius 2 is 1.03 bits per heavy atom. The number of carbonyl (C=O) groups is 2. The van der Waals surface area contributed by atoms with Gasteiger partial charge in [0.05, 0.1) is 0 Å². The number of alkyl carbamates (subject to hydrolysis) is 1. The third-order valence-corrected chi connectivity index (χ3v) is 6.45. The topological polar surface area (TPSA) is 91.8 Å². The molecule has 0 unspecified atom stereocenters. The van der Waals surface area contributed by atoms with Gasteiger partial charge in [-0.1, -0.05) is 129 Å². The SMILES string of the molecule is CCCCCCCCCCCCN=C(NC(=O)NCCCCCCCCCCCC)NC(=O)OC(C)(C)C. The van der Waals surface area contributed by atoms with Crippen molar-refractivity contribution in [2.24, 2.45) is 4.99 Å². The van der Waals surface area contributed by atoms with Crippen molar-refractivity contribution in [3.63, 3.8) is 0 Å². The lowest BCUT2D eigenvalue weighted by Crippen LogP contribution is -2.49. The minimum atomic E-state index is -0.622. The standard InChI is InChI=1S/C31H62N4O3/c1-6-8-10-12-14-16-18-20-22-24-26-32-28(35-30(37)38-31(3,4)5)34-29(36)33-27-25-23-21-19-17-15-13-11-9-7-2/h6-27H2,1-5H3,(H3,32,33,34,35,36,37). The van der Waals surface area contributed by atoms with Crippen LogP contribution in [0.2, 0.25) is 0 Å². The fourth-order valence-electron chi connectivity index (χ4n) is 4.27. The monoisotopic (exact) mass is 538 g/mol. The average molecular weight is 539 g/mol. The summed E-state index contributed by atoms with van der Waals surface area (Å²) in [6, 6.07) is -0.348. The van der Waals surface area contributed by atoms with Crippen LogP contribution in [0.1, 0.15) is 163 Å². The number of unbranched alkanes of at least 4 members (excludes halogenated alkanes) is 18. The largest absolute Gasteiger partial charge is 0.444 e. The van der Waals surface area contributed by atoms with Crippen molar-refractivity contribution in [1.29, 1.82) is 0 Å². The van der Waals surface area contributed by atoms with Crippen LogP contribution in [0, 0.1) is 0 Å². The van der Waals surface area contributed by atoms with Crippen LogP contribution in [0.4, 0.5) is 9.59 Å². The lowest BCUT2D eigenvalue weighted by molar-refractivity contribution is 0.0562. The number of urea groups is 1. The van der Waals surface area contributed by atoms with Crippen molar-refractivity contribution >= 4 is 18.1 Å². The zero-order valence-corrected chi connectivity index (χ0v) is 25.7. The van der Waals surface area contributed by atoms with E-state index >= 15 is 0 Å². The molecule has 0 rings (SSSR count). The predicted octanol–water partition coefficient (Wildman–Crippen LogP) is 9.01. The summed E-state index contributed by atoms with van der Waals surface area (Å²) >= 11 is 0. The highest BCUT2D eigenvalue weighted by Crippen LogP contribution is 2.11. The average Bonchev–Trinajstić information content (AvgIpc) is 2.84. The number of carbonyl (C=O) groups excluding carboxylic acids is 2. The Morgan fingerprint density at radius 3 is 1.47 bits per heavy atom. The van der Waals surface area contributed by atoms with Crippen LogP contribution in [0.15, 0.2) is 4.99 Å². The molecule has 0 heterocycles. The second-order valence-corrected chi connectivity index (χ2v) is 11.6. The molecule has 0 radical (unpaired) electrons. The molecule has 3 N–H and O–H groups in total. The summed E-state index contributed by atoms with van der Waals surface area (Å²) in [6.07, 6.45) is 24.4. The number of nitrogens with one attached hydrogen (secondary N) is 3. The summed E-state index contributed by atoms with van der Waals surface area (Å²) in [5.74, 6) is 0.149. The van der Waals surface area contributed by atoms with Gasteiger partial charge in [0.25, 0.3) is 0 Å². The number of amides is 3. The van der Waals surface area contributed by atoms with E-state index in [2.05, 4.69) is 34.8 Å². The Labute approximate surface area is 235 Å². The van der Waals surface area contributed by atoms with Gasteiger partial charge in [0, 0.05) is 13.1 Å². The van der Waals surface area contributed by atoms with Crippen LogP contribution in [0.25, 0.3) is 0 Å². The minimum Gasteiger partial charge on any atom is -0.444 e. The van der Waals surface area contributed by atoms with Crippen LogP contribution < -0.4 is 16.0 Å². The molecule has 0 aliphatic rings. The van der Waals surface area contributed by atoms with Gasteiger partial charge in [-0.25, -0.2) is 9.59 Å². The first-order valence-corrected chi connectivity index (χ1v) is 15.9. The van der Waals surface area contributed by atoms with Gasteiger partial charge in [0.1, 0.15) is 5.60 Å². The number of hydrogen-bond acceptors (Lipinski definition) is 4. The molecule has 0 spiro atoms. The van der Waals surface area contributed by atoms with E-state index in [0.717, 1.165) is 25.7 Å². The summed E-state index contributed by atoms with van der Waals surface area (Å²) in [5.41, 5.74) is -0.622. The summed E-state index contributed by atoms with van der Waals surface area (Å²) in [6.45, 7) is 11.1. The summed E-state index contributed by atoms with van der Waals surface area (Å²) in [5, 5.41) is 8.17. The van der Waals surface area contributed by atoms with E-state index in [4.69, 9.17) is 4.74 Å². The molecular formula is C31H62N4O3. The molecule has 3 amide bonds. The predicted molar refractivity (Wildman–Crippen MR) is 162 cm³/mol. The van der Waals surface area contributed by atoms with Crippen LogP contribution in [-0.4, -0.2) is 36.8 Å². The van der Waals surface area contributed by atoms with Gasteiger partial charge in [-0.2, -0.15) is 0 Å². The van der Waals surface area contributed by atoms with Crippen molar-refractivity contribution < 1.29 is 14.3 Å². The summed E-state index contributed by atoms with van der Waals surface area (Å²) < 4.78 is 5.33. The maximum atomic E-state index is 12.4. The molecule has 0 aromatic rings. The summed E-state index contributed by atoms with van der Waals surface area (Å²) in [7, 11) is 0. The number of nitrogens with zero attached hydrogens (tertiary/aromatic N) is 1. The Balaban J connectivity index is 4.21. The first-order chi connectivity index (χ1) is 18.3. The lowest BCUT2D eigenvalue weighted by Gasteiger charge is -2.20. The zero-order valence-electron chi connectivity index (χ0n) is 25.7. The number of rotatable bonds is 22. The van der Waals surface area contributed by atoms with Gasteiger partial charge in [-0.3, -0.25) is 15.6 Å². The van der Waals surface area contributed by atoms with Crippen molar-refractivity contribution in [2.75, 3.05) is 13.1 Å². The smallest absolute Gasteiger partial charge is 0.414 e. The Morgan fingerprint density at radius 1 is 0.605 bits per heavy atom. The third-order valence-electron chi connectivity index (χ3n) is 6.45. The van der Waals surface area contributed by atoms with Crippen molar-refractivity contribution in [1.82, 2.24) is 16.0 Å². The number of aliphatic imine (C=N–C) groups is 1. The van der Waals surface area contributed by atoms with Crippen molar-refractivity contribution in [3.8, 4) is 0 Å². The highest BCUT2D eigenvalue weighted by atomic mass is 16.6. The first-order valence-electron chi connectivity index (χ1n) is 15.9. The number of hydrogen-bond donors (Lipinski definition) is 3. The van der Waals surface area contributed by atoms with Crippen LogP contribution in [0.3, 0.4) is 0 Å². The fraction of sp³-hybridized carbons (Fsp3) is 0.903. The van der Waals surface area contributed by atoms with E-state index in [9.17, 15) is 9.59 Å². The first kappa shape index (κ1) is 36.2.